The molecule has 3 aromatic rings. The van der Waals surface area contributed by atoms with Crippen molar-refractivity contribution in [2.24, 2.45) is 0 Å². The zero-order valence-corrected chi connectivity index (χ0v) is 17.0. The van der Waals surface area contributed by atoms with Crippen molar-refractivity contribution < 1.29 is 27.1 Å². The van der Waals surface area contributed by atoms with Crippen LogP contribution in [0, 0.1) is 5.82 Å². The quantitative estimate of drug-likeness (QED) is 0.590. The Morgan fingerprint density at radius 2 is 1.81 bits per heavy atom. The number of pyridine rings is 1. The first kappa shape index (κ1) is 20.5. The van der Waals surface area contributed by atoms with Gasteiger partial charge in [-0.25, -0.2) is 12.8 Å². The highest BCUT2D eigenvalue weighted by Gasteiger charge is 2.37. The summed E-state index contributed by atoms with van der Waals surface area (Å²) in [6.07, 6.45) is 1.39. The van der Waals surface area contributed by atoms with E-state index in [-0.39, 0.29) is 33.9 Å². The van der Waals surface area contributed by atoms with Gasteiger partial charge in [-0.05, 0) is 54.1 Å². The minimum atomic E-state index is -4.23. The van der Waals surface area contributed by atoms with Crippen LogP contribution in [0.25, 0.3) is 0 Å². The minimum absolute atomic E-state index is 0.00428. The Kier molecular flexibility index (Phi) is 5.15. The third kappa shape index (κ3) is 3.84. The number of imide groups is 1. The van der Waals surface area contributed by atoms with E-state index in [1.807, 2.05) is 0 Å². The second-order valence-corrected chi connectivity index (χ2v) is 8.33. The number of ether oxygens (including phenoxy) is 1. The number of carbonyl (C=O) groups is 2. The first-order valence-corrected chi connectivity index (χ1v) is 10.5. The molecule has 0 fully saturated rings. The molecule has 0 spiro atoms. The number of fused-ring (bicyclic) bond motifs is 1. The van der Waals surface area contributed by atoms with E-state index in [1.54, 1.807) is 12.1 Å². The van der Waals surface area contributed by atoms with Gasteiger partial charge in [0.05, 0.1) is 24.1 Å². The van der Waals surface area contributed by atoms with Gasteiger partial charge in [0.2, 0.25) is 0 Å². The monoisotopic (exact) mass is 441 g/mol. The van der Waals surface area contributed by atoms with Crippen molar-refractivity contribution >= 4 is 27.5 Å². The van der Waals surface area contributed by atoms with E-state index in [2.05, 4.69) is 9.71 Å². The number of halogens is 1. The molecule has 4 rings (SSSR count). The molecule has 0 radical (unpaired) electrons. The number of hydrogen-bond donors (Lipinski definition) is 1. The number of sulfonamides is 1. The van der Waals surface area contributed by atoms with Crippen LogP contribution in [0.4, 0.5) is 10.1 Å². The highest BCUT2D eigenvalue weighted by molar-refractivity contribution is 7.92. The molecular formula is C21H16FN3O5S. The maximum atomic E-state index is 13.9. The second-order valence-electron chi connectivity index (χ2n) is 6.68. The predicted molar refractivity (Wildman–Crippen MR) is 109 cm³/mol. The Labute approximate surface area is 177 Å². The van der Waals surface area contributed by atoms with Crippen LogP contribution in [0.1, 0.15) is 26.4 Å². The summed E-state index contributed by atoms with van der Waals surface area (Å²) < 4.78 is 47.3. The van der Waals surface area contributed by atoms with Crippen LogP contribution in [0.15, 0.2) is 65.7 Å². The Morgan fingerprint density at radius 1 is 1.06 bits per heavy atom. The summed E-state index contributed by atoms with van der Waals surface area (Å²) in [4.78, 5) is 29.6. The molecule has 2 heterocycles. The first-order chi connectivity index (χ1) is 14.8. The minimum Gasteiger partial charge on any atom is -0.497 e. The second kappa shape index (κ2) is 7.80. The molecule has 1 aliphatic rings. The van der Waals surface area contributed by atoms with Crippen molar-refractivity contribution in [1.82, 2.24) is 9.88 Å². The molecule has 0 unspecified atom stereocenters. The molecule has 0 atom stereocenters. The van der Waals surface area contributed by atoms with Crippen LogP contribution in [0.2, 0.25) is 0 Å². The molecule has 0 saturated heterocycles. The van der Waals surface area contributed by atoms with E-state index in [9.17, 15) is 22.4 Å². The lowest BCUT2D eigenvalue weighted by atomic mass is 10.2. The zero-order valence-electron chi connectivity index (χ0n) is 16.2. The summed E-state index contributed by atoms with van der Waals surface area (Å²) in [5.41, 5.74) is 0.448. The third-order valence-electron chi connectivity index (χ3n) is 4.72. The van der Waals surface area contributed by atoms with Gasteiger partial charge in [0.15, 0.2) is 0 Å². The number of nitrogens with one attached hydrogen (secondary N) is 1. The van der Waals surface area contributed by atoms with E-state index in [4.69, 9.17) is 4.74 Å². The molecule has 0 aliphatic carbocycles. The molecule has 2 amide bonds. The number of benzene rings is 2. The molecule has 0 bridgehead atoms. The summed E-state index contributed by atoms with van der Waals surface area (Å²) >= 11 is 0. The number of carbonyl (C=O) groups excluding carboxylic acids is 2. The van der Waals surface area contributed by atoms with E-state index in [1.165, 1.54) is 43.6 Å². The van der Waals surface area contributed by atoms with Gasteiger partial charge in [-0.3, -0.25) is 24.2 Å². The van der Waals surface area contributed by atoms with Gasteiger partial charge >= 0.3 is 0 Å². The molecule has 1 aliphatic heterocycles. The Balaban J connectivity index is 1.66. The van der Waals surface area contributed by atoms with Gasteiger partial charge in [0.1, 0.15) is 17.3 Å². The predicted octanol–water partition coefficient (Wildman–Crippen LogP) is 2.83. The fourth-order valence-corrected chi connectivity index (χ4v) is 4.51. The normalized spacial score (nSPS) is 13.3. The number of hydrogen-bond acceptors (Lipinski definition) is 6. The summed E-state index contributed by atoms with van der Waals surface area (Å²) in [5.74, 6) is -1.48. The number of methoxy groups -OCH3 is 1. The Hall–Kier alpha value is -3.79. The van der Waals surface area contributed by atoms with Crippen LogP contribution >= 0.6 is 0 Å². The Bertz CT molecular complexity index is 1260. The summed E-state index contributed by atoms with van der Waals surface area (Å²) in [6.45, 7) is -0.354. The van der Waals surface area contributed by atoms with Crippen LogP contribution < -0.4 is 9.46 Å². The molecular weight excluding hydrogens is 425 g/mol. The van der Waals surface area contributed by atoms with Crippen LogP contribution in [0.5, 0.6) is 5.75 Å². The average molecular weight is 441 g/mol. The molecule has 1 aromatic heterocycles. The van der Waals surface area contributed by atoms with Crippen molar-refractivity contribution in [1.29, 1.82) is 0 Å². The molecule has 2 aromatic carbocycles. The molecule has 10 heteroatoms. The standard InChI is InChI=1S/C21H16FN3O5S/c1-30-16-8-6-15(7-9-16)24-31(28,29)18-11-14(22)5-4-13(18)12-25-20(26)17-3-2-10-23-19(17)21(25)27/h2-11,24H,12H2,1H3. The van der Waals surface area contributed by atoms with Crippen molar-refractivity contribution in [2.75, 3.05) is 11.8 Å². The SMILES string of the molecule is COc1ccc(NS(=O)(=O)c2cc(F)ccc2CN2C(=O)c3cccnc3C2=O)cc1. The number of aromatic nitrogens is 1. The van der Waals surface area contributed by atoms with Crippen LogP contribution in [-0.4, -0.2) is 37.2 Å². The molecule has 31 heavy (non-hydrogen) atoms. The highest BCUT2D eigenvalue weighted by atomic mass is 32.2. The number of amides is 2. The summed E-state index contributed by atoms with van der Waals surface area (Å²) in [6, 6.07) is 12.3. The first-order valence-electron chi connectivity index (χ1n) is 9.06. The number of nitrogens with zero attached hydrogens (tertiary/aromatic N) is 2. The topological polar surface area (TPSA) is 106 Å². The fraction of sp³-hybridized carbons (Fsp3) is 0.0952. The van der Waals surface area contributed by atoms with E-state index in [0.29, 0.717) is 5.75 Å². The van der Waals surface area contributed by atoms with Crippen molar-refractivity contribution in [3.63, 3.8) is 0 Å². The fourth-order valence-electron chi connectivity index (χ4n) is 3.21. The third-order valence-corrected chi connectivity index (χ3v) is 6.18. The van der Waals surface area contributed by atoms with Gasteiger partial charge in [-0.15, -0.1) is 0 Å². The lowest BCUT2D eigenvalue weighted by molar-refractivity contribution is 0.0639. The Morgan fingerprint density at radius 3 is 2.48 bits per heavy atom. The van der Waals surface area contributed by atoms with Crippen LogP contribution in [0.3, 0.4) is 0 Å². The smallest absolute Gasteiger partial charge is 0.280 e. The number of rotatable bonds is 6. The van der Waals surface area contributed by atoms with Gasteiger partial charge < -0.3 is 4.74 Å². The molecule has 8 nitrogen and oxygen atoms in total. The largest absolute Gasteiger partial charge is 0.497 e. The van der Waals surface area contributed by atoms with E-state index in [0.717, 1.165) is 17.0 Å². The van der Waals surface area contributed by atoms with Gasteiger partial charge in [-0.1, -0.05) is 6.07 Å². The van der Waals surface area contributed by atoms with Gasteiger partial charge in [0, 0.05) is 11.9 Å². The molecule has 0 saturated carbocycles. The molecule has 158 valence electrons. The lowest BCUT2D eigenvalue weighted by Crippen LogP contribution is -2.30. The average Bonchev–Trinajstić information content (AvgIpc) is 3.00. The summed E-state index contributed by atoms with van der Waals surface area (Å²) in [7, 11) is -2.75. The van der Waals surface area contributed by atoms with Crippen molar-refractivity contribution in [2.45, 2.75) is 11.4 Å². The molecule has 1 N–H and O–H groups in total. The van der Waals surface area contributed by atoms with Gasteiger partial charge in [0.25, 0.3) is 21.8 Å². The zero-order chi connectivity index (χ0) is 22.2. The van der Waals surface area contributed by atoms with Crippen molar-refractivity contribution in [3.05, 3.63) is 83.4 Å². The summed E-state index contributed by atoms with van der Waals surface area (Å²) in [5, 5.41) is 0. The van der Waals surface area contributed by atoms with Crippen LogP contribution in [-0.2, 0) is 16.6 Å². The highest BCUT2D eigenvalue weighted by Crippen LogP contribution is 2.27. The maximum Gasteiger partial charge on any atom is 0.280 e. The van der Waals surface area contributed by atoms with Gasteiger partial charge in [-0.2, -0.15) is 0 Å². The number of anilines is 1. The lowest BCUT2D eigenvalue weighted by Gasteiger charge is -2.17. The van der Waals surface area contributed by atoms with Crippen molar-refractivity contribution in [3.8, 4) is 5.75 Å². The van der Waals surface area contributed by atoms with E-state index >= 15 is 0 Å². The van der Waals surface area contributed by atoms with E-state index < -0.39 is 27.7 Å². The maximum absolute atomic E-state index is 13.9.